The van der Waals surface area contributed by atoms with Crippen LogP contribution in [0.2, 0.25) is 0 Å². The molecule has 2 nitrogen and oxygen atoms in total. The Morgan fingerprint density at radius 2 is 1.95 bits per heavy atom. The van der Waals surface area contributed by atoms with Gasteiger partial charge in [0.05, 0.1) is 16.3 Å². The molecule has 0 aliphatic heterocycles. The summed E-state index contributed by atoms with van der Waals surface area (Å²) >= 11 is 1.72. The zero-order valence-electron chi connectivity index (χ0n) is 11.5. The lowest BCUT2D eigenvalue weighted by molar-refractivity contribution is 0.648. The molecule has 0 fully saturated rings. The monoisotopic (exact) mass is 282 g/mol. The Hall–Kier alpha value is -1.71. The maximum absolute atomic E-state index is 6.29. The Kier molecular flexibility index (Phi) is 3.81. The molecule has 0 amide bonds. The fraction of sp³-hybridized carbons (Fsp3) is 0.235. The second kappa shape index (κ2) is 5.73. The molecule has 1 heterocycles. The second-order valence-electron chi connectivity index (χ2n) is 5.15. The molecule has 1 atom stereocenters. The molecule has 0 aliphatic carbocycles. The fourth-order valence-electron chi connectivity index (χ4n) is 2.30. The minimum absolute atomic E-state index is 0.0212. The van der Waals surface area contributed by atoms with E-state index in [9.17, 15) is 0 Å². The number of thiazole rings is 1. The summed E-state index contributed by atoms with van der Waals surface area (Å²) in [5.41, 5.74) is 9.96. The smallest absolute Gasteiger partial charge is 0.111 e. The van der Waals surface area contributed by atoms with E-state index in [0.29, 0.717) is 0 Å². The average Bonchev–Trinajstić information content (AvgIpc) is 2.89. The SMILES string of the molecule is Cc1ccc2nc(C(N)CCc3ccccc3)sc2c1. The highest BCUT2D eigenvalue weighted by Gasteiger charge is 2.12. The van der Waals surface area contributed by atoms with Gasteiger partial charge >= 0.3 is 0 Å². The van der Waals surface area contributed by atoms with Crippen molar-refractivity contribution >= 4 is 21.6 Å². The van der Waals surface area contributed by atoms with Crippen molar-refractivity contribution in [1.29, 1.82) is 0 Å². The first-order chi connectivity index (χ1) is 9.72. The van der Waals surface area contributed by atoms with Crippen LogP contribution in [0.3, 0.4) is 0 Å². The van der Waals surface area contributed by atoms with Crippen LogP contribution in [0, 0.1) is 6.92 Å². The van der Waals surface area contributed by atoms with Crippen LogP contribution < -0.4 is 5.73 Å². The molecule has 3 rings (SSSR count). The molecule has 2 N–H and O–H groups in total. The molecule has 0 bridgehead atoms. The molecule has 1 unspecified atom stereocenters. The first kappa shape index (κ1) is 13.3. The summed E-state index contributed by atoms with van der Waals surface area (Å²) in [5.74, 6) is 0. The van der Waals surface area contributed by atoms with Crippen molar-refractivity contribution in [3.05, 3.63) is 64.7 Å². The number of aromatic nitrogens is 1. The summed E-state index contributed by atoms with van der Waals surface area (Å²) in [6.45, 7) is 2.11. The van der Waals surface area contributed by atoms with Gasteiger partial charge in [0.25, 0.3) is 0 Å². The van der Waals surface area contributed by atoms with Gasteiger partial charge in [-0.3, -0.25) is 0 Å². The molecule has 0 saturated heterocycles. The van der Waals surface area contributed by atoms with Gasteiger partial charge in [0, 0.05) is 0 Å². The molecular weight excluding hydrogens is 264 g/mol. The lowest BCUT2D eigenvalue weighted by Crippen LogP contribution is -2.10. The van der Waals surface area contributed by atoms with E-state index in [-0.39, 0.29) is 6.04 Å². The minimum Gasteiger partial charge on any atom is -0.322 e. The maximum atomic E-state index is 6.29. The zero-order chi connectivity index (χ0) is 13.9. The summed E-state index contributed by atoms with van der Waals surface area (Å²) in [6, 6.07) is 16.9. The number of aryl methyl sites for hydroxylation is 2. The number of nitrogens with zero attached hydrogens (tertiary/aromatic N) is 1. The Labute approximate surface area is 123 Å². The van der Waals surface area contributed by atoms with E-state index >= 15 is 0 Å². The van der Waals surface area contributed by atoms with Gasteiger partial charge in [-0.25, -0.2) is 4.98 Å². The fourth-order valence-corrected chi connectivity index (χ4v) is 3.40. The van der Waals surface area contributed by atoms with E-state index in [4.69, 9.17) is 5.73 Å². The molecule has 3 aromatic rings. The molecule has 102 valence electrons. The Bertz CT molecular complexity index is 703. The molecule has 2 aromatic carbocycles. The third-order valence-corrected chi connectivity index (χ3v) is 4.61. The highest BCUT2D eigenvalue weighted by Crippen LogP contribution is 2.28. The van der Waals surface area contributed by atoms with Gasteiger partial charge in [0.2, 0.25) is 0 Å². The molecule has 0 spiro atoms. The number of rotatable bonds is 4. The van der Waals surface area contributed by atoms with E-state index in [2.05, 4.69) is 54.4 Å². The third-order valence-electron chi connectivity index (χ3n) is 3.46. The molecule has 20 heavy (non-hydrogen) atoms. The zero-order valence-corrected chi connectivity index (χ0v) is 12.4. The quantitative estimate of drug-likeness (QED) is 0.777. The van der Waals surface area contributed by atoms with Crippen LogP contribution in [0.4, 0.5) is 0 Å². The van der Waals surface area contributed by atoms with E-state index in [1.165, 1.54) is 15.8 Å². The Morgan fingerprint density at radius 3 is 2.75 bits per heavy atom. The van der Waals surface area contributed by atoms with E-state index < -0.39 is 0 Å². The predicted molar refractivity (Wildman–Crippen MR) is 86.0 cm³/mol. The topological polar surface area (TPSA) is 38.9 Å². The van der Waals surface area contributed by atoms with Gasteiger partial charge < -0.3 is 5.73 Å². The van der Waals surface area contributed by atoms with Gasteiger partial charge in [-0.1, -0.05) is 36.4 Å². The molecule has 1 aromatic heterocycles. The van der Waals surface area contributed by atoms with E-state index in [0.717, 1.165) is 23.4 Å². The first-order valence-corrected chi connectivity index (χ1v) is 7.70. The summed E-state index contributed by atoms with van der Waals surface area (Å²) in [4.78, 5) is 4.66. The molecule has 0 radical (unpaired) electrons. The summed E-state index contributed by atoms with van der Waals surface area (Å²) in [5, 5.41) is 1.04. The predicted octanol–water partition coefficient (Wildman–Crippen LogP) is 4.24. The normalized spacial score (nSPS) is 12.7. The first-order valence-electron chi connectivity index (χ1n) is 6.89. The Balaban J connectivity index is 1.73. The van der Waals surface area contributed by atoms with Crippen molar-refractivity contribution < 1.29 is 0 Å². The van der Waals surface area contributed by atoms with Crippen molar-refractivity contribution in [2.75, 3.05) is 0 Å². The van der Waals surface area contributed by atoms with Crippen LogP contribution >= 0.6 is 11.3 Å². The number of nitrogens with two attached hydrogens (primary N) is 1. The van der Waals surface area contributed by atoms with Gasteiger partial charge in [0.15, 0.2) is 0 Å². The maximum Gasteiger partial charge on any atom is 0.111 e. The average molecular weight is 282 g/mol. The molecular formula is C17H18N2S. The third kappa shape index (κ3) is 2.89. The lowest BCUT2D eigenvalue weighted by Gasteiger charge is -2.07. The largest absolute Gasteiger partial charge is 0.322 e. The van der Waals surface area contributed by atoms with Gasteiger partial charge in [-0.05, 0) is 43.0 Å². The Morgan fingerprint density at radius 1 is 1.15 bits per heavy atom. The summed E-state index contributed by atoms with van der Waals surface area (Å²) in [6.07, 6.45) is 1.93. The van der Waals surface area contributed by atoms with Crippen LogP contribution in [-0.2, 0) is 6.42 Å². The number of fused-ring (bicyclic) bond motifs is 1. The minimum atomic E-state index is 0.0212. The lowest BCUT2D eigenvalue weighted by atomic mass is 10.1. The van der Waals surface area contributed by atoms with Crippen LogP contribution in [0.5, 0.6) is 0 Å². The van der Waals surface area contributed by atoms with Crippen molar-refractivity contribution in [1.82, 2.24) is 4.98 Å². The second-order valence-corrected chi connectivity index (χ2v) is 6.22. The summed E-state index contributed by atoms with van der Waals surface area (Å²) < 4.78 is 1.23. The number of hydrogen-bond donors (Lipinski definition) is 1. The molecule has 0 aliphatic rings. The van der Waals surface area contributed by atoms with Crippen molar-refractivity contribution in [3.8, 4) is 0 Å². The standard InChI is InChI=1S/C17H18N2S/c1-12-7-10-15-16(11-12)20-17(19-15)14(18)9-8-13-5-3-2-4-6-13/h2-7,10-11,14H,8-9,18H2,1H3. The van der Waals surface area contributed by atoms with Crippen LogP contribution in [-0.4, -0.2) is 4.98 Å². The van der Waals surface area contributed by atoms with Crippen molar-refractivity contribution in [2.24, 2.45) is 5.73 Å². The highest BCUT2D eigenvalue weighted by atomic mass is 32.1. The van der Waals surface area contributed by atoms with Crippen molar-refractivity contribution in [2.45, 2.75) is 25.8 Å². The molecule has 0 saturated carbocycles. The highest BCUT2D eigenvalue weighted by molar-refractivity contribution is 7.18. The van der Waals surface area contributed by atoms with Gasteiger partial charge in [-0.15, -0.1) is 11.3 Å². The van der Waals surface area contributed by atoms with Crippen LogP contribution in [0.1, 0.15) is 28.6 Å². The molecule has 3 heteroatoms. The van der Waals surface area contributed by atoms with E-state index in [1.807, 2.05) is 6.07 Å². The number of benzene rings is 2. The van der Waals surface area contributed by atoms with Crippen LogP contribution in [0.25, 0.3) is 10.2 Å². The van der Waals surface area contributed by atoms with Gasteiger partial charge in [0.1, 0.15) is 5.01 Å². The van der Waals surface area contributed by atoms with Gasteiger partial charge in [-0.2, -0.15) is 0 Å². The van der Waals surface area contributed by atoms with Crippen LogP contribution in [0.15, 0.2) is 48.5 Å². The number of hydrogen-bond acceptors (Lipinski definition) is 3. The van der Waals surface area contributed by atoms with Crippen molar-refractivity contribution in [3.63, 3.8) is 0 Å². The summed E-state index contributed by atoms with van der Waals surface area (Å²) in [7, 11) is 0. The van der Waals surface area contributed by atoms with E-state index in [1.54, 1.807) is 11.3 Å².